The summed E-state index contributed by atoms with van der Waals surface area (Å²) in [6, 6.07) is 3.28. The highest BCUT2D eigenvalue weighted by Gasteiger charge is 2.12. The summed E-state index contributed by atoms with van der Waals surface area (Å²) in [5.74, 6) is 0.777. The van der Waals surface area contributed by atoms with Gasteiger partial charge < -0.3 is 5.73 Å². The molecule has 4 aromatic rings. The van der Waals surface area contributed by atoms with E-state index in [1.54, 1.807) is 18.3 Å². The zero-order chi connectivity index (χ0) is 17.6. The topological polar surface area (TPSA) is 106 Å². The fourth-order valence-electron chi connectivity index (χ4n) is 2.19. The van der Waals surface area contributed by atoms with E-state index in [2.05, 4.69) is 30.1 Å². The maximum Gasteiger partial charge on any atom is 0.191 e. The molecule has 0 spiro atoms. The molecule has 0 aliphatic rings. The Labute approximate surface area is 160 Å². The Bertz CT molecular complexity index is 1110. The van der Waals surface area contributed by atoms with E-state index in [9.17, 15) is 0 Å². The minimum absolute atomic E-state index is 0.286. The number of aromatic nitrogens is 6. The van der Waals surface area contributed by atoms with Gasteiger partial charge in [0.05, 0.1) is 38.4 Å². The molecule has 4 rings (SSSR count). The minimum atomic E-state index is 0.286. The lowest BCUT2D eigenvalue weighted by atomic mass is 10.3. The van der Waals surface area contributed by atoms with Crippen LogP contribution in [-0.2, 0) is 5.75 Å². The number of thioether (sulfide) groups is 1. The van der Waals surface area contributed by atoms with Gasteiger partial charge in [0.25, 0.3) is 0 Å². The number of hydrogen-bond donors (Lipinski definition) is 2. The molecule has 0 atom stereocenters. The quantitative estimate of drug-likeness (QED) is 0.385. The lowest BCUT2D eigenvalue weighted by Crippen LogP contribution is -1.98. The lowest BCUT2D eigenvalue weighted by molar-refractivity contribution is 0.984. The van der Waals surface area contributed by atoms with Gasteiger partial charge in [-0.2, -0.15) is 5.10 Å². The normalized spacial score (nSPS) is 11.5. The van der Waals surface area contributed by atoms with Crippen molar-refractivity contribution in [2.75, 3.05) is 5.73 Å². The fourth-order valence-corrected chi connectivity index (χ4v) is 3.57. The number of halogens is 3. The van der Waals surface area contributed by atoms with Gasteiger partial charge in [-0.1, -0.05) is 46.6 Å². The van der Waals surface area contributed by atoms with Crippen molar-refractivity contribution in [1.82, 2.24) is 30.1 Å². The van der Waals surface area contributed by atoms with Crippen molar-refractivity contribution in [3.05, 3.63) is 39.2 Å². The maximum atomic E-state index is 6.23. The van der Waals surface area contributed by atoms with Crippen molar-refractivity contribution in [2.45, 2.75) is 10.9 Å². The summed E-state index contributed by atoms with van der Waals surface area (Å²) >= 11 is 19.6. The third kappa shape index (κ3) is 3.18. The first-order chi connectivity index (χ1) is 12.0. The summed E-state index contributed by atoms with van der Waals surface area (Å²) in [4.78, 5) is 17.4. The van der Waals surface area contributed by atoms with Crippen LogP contribution >= 0.6 is 46.6 Å². The zero-order valence-corrected chi connectivity index (χ0v) is 15.4. The Morgan fingerprint density at radius 3 is 2.48 bits per heavy atom. The number of benzene rings is 1. The van der Waals surface area contributed by atoms with Crippen LogP contribution in [-0.4, -0.2) is 30.1 Å². The number of rotatable bonds is 3. The summed E-state index contributed by atoms with van der Waals surface area (Å²) in [6.07, 6.45) is 1.58. The molecule has 1 aromatic carbocycles. The highest BCUT2D eigenvalue weighted by Crippen LogP contribution is 2.30. The number of nitrogens with two attached hydrogens (primary N) is 1. The van der Waals surface area contributed by atoms with Crippen LogP contribution in [0.2, 0.25) is 15.2 Å². The minimum Gasteiger partial charge on any atom is -0.383 e. The van der Waals surface area contributed by atoms with E-state index in [1.165, 1.54) is 11.8 Å². The molecule has 126 valence electrons. The first-order valence-corrected chi connectivity index (χ1v) is 9.04. The predicted octanol–water partition coefficient (Wildman–Crippen LogP) is 4.13. The molecular weight excluding hydrogens is 405 g/mol. The summed E-state index contributed by atoms with van der Waals surface area (Å²) in [5.41, 5.74) is 8.25. The molecule has 0 fully saturated rings. The van der Waals surface area contributed by atoms with Gasteiger partial charge in [0.15, 0.2) is 16.0 Å². The second-order valence-corrected chi connectivity index (χ2v) is 7.14. The van der Waals surface area contributed by atoms with Crippen LogP contribution in [0.4, 0.5) is 5.82 Å². The molecule has 7 nitrogen and oxygen atoms in total. The second-order valence-electron chi connectivity index (χ2n) is 5.03. The van der Waals surface area contributed by atoms with Crippen molar-refractivity contribution in [3.8, 4) is 0 Å². The number of fused-ring (bicyclic) bond motifs is 2. The number of nitrogens with zero attached hydrogens (tertiary/aromatic N) is 5. The Kier molecular flexibility index (Phi) is 4.28. The molecule has 0 aliphatic heterocycles. The zero-order valence-electron chi connectivity index (χ0n) is 12.3. The van der Waals surface area contributed by atoms with E-state index in [0.29, 0.717) is 54.5 Å². The first kappa shape index (κ1) is 16.6. The molecule has 3 aromatic heterocycles. The molecule has 0 bridgehead atoms. The van der Waals surface area contributed by atoms with Gasteiger partial charge in [0.1, 0.15) is 5.82 Å². The van der Waals surface area contributed by atoms with Gasteiger partial charge >= 0.3 is 0 Å². The van der Waals surface area contributed by atoms with Crippen molar-refractivity contribution in [3.63, 3.8) is 0 Å². The van der Waals surface area contributed by atoms with Crippen molar-refractivity contribution < 1.29 is 0 Å². The molecule has 0 saturated carbocycles. The molecule has 25 heavy (non-hydrogen) atoms. The van der Waals surface area contributed by atoms with Gasteiger partial charge in [-0.25, -0.2) is 19.9 Å². The smallest absolute Gasteiger partial charge is 0.191 e. The van der Waals surface area contributed by atoms with E-state index in [1.807, 2.05) is 0 Å². The van der Waals surface area contributed by atoms with E-state index >= 15 is 0 Å². The van der Waals surface area contributed by atoms with Gasteiger partial charge in [0, 0.05) is 5.75 Å². The Morgan fingerprint density at radius 2 is 1.72 bits per heavy atom. The SMILES string of the molecule is Nc1nc(SCc2nc3cc(Cl)c(Cl)cc3nc2Cl)nc2[nH]ncc12. The molecule has 0 amide bonds. The van der Waals surface area contributed by atoms with Crippen molar-refractivity contribution in [2.24, 2.45) is 0 Å². The number of anilines is 1. The van der Waals surface area contributed by atoms with Crippen molar-refractivity contribution >= 4 is 74.4 Å². The number of H-pyrrole nitrogens is 1. The maximum absolute atomic E-state index is 6.23. The monoisotopic (exact) mass is 411 g/mol. The molecule has 0 aliphatic carbocycles. The van der Waals surface area contributed by atoms with E-state index < -0.39 is 0 Å². The summed E-state index contributed by atoms with van der Waals surface area (Å²) in [7, 11) is 0. The van der Waals surface area contributed by atoms with E-state index in [-0.39, 0.29) is 5.15 Å². The largest absolute Gasteiger partial charge is 0.383 e. The molecule has 3 heterocycles. The first-order valence-electron chi connectivity index (χ1n) is 6.92. The van der Waals surface area contributed by atoms with Crippen LogP contribution in [0.1, 0.15) is 5.69 Å². The molecule has 0 saturated heterocycles. The molecule has 3 N–H and O–H groups in total. The molecular formula is C14H8Cl3N7S. The average Bonchev–Trinajstić information content (AvgIpc) is 3.04. The van der Waals surface area contributed by atoms with Gasteiger partial charge in [-0.15, -0.1) is 0 Å². The number of hydrogen-bond acceptors (Lipinski definition) is 7. The summed E-state index contributed by atoms with van der Waals surface area (Å²) < 4.78 is 0. The third-order valence-electron chi connectivity index (χ3n) is 3.39. The Balaban J connectivity index is 1.65. The highest BCUT2D eigenvalue weighted by atomic mass is 35.5. The van der Waals surface area contributed by atoms with Crippen LogP contribution in [0.25, 0.3) is 22.1 Å². The molecule has 11 heteroatoms. The van der Waals surface area contributed by atoms with E-state index in [4.69, 9.17) is 40.5 Å². The fraction of sp³-hybridized carbons (Fsp3) is 0.0714. The van der Waals surface area contributed by atoms with E-state index in [0.717, 1.165) is 0 Å². The van der Waals surface area contributed by atoms with Crippen LogP contribution in [0.5, 0.6) is 0 Å². The average molecular weight is 413 g/mol. The highest BCUT2D eigenvalue weighted by molar-refractivity contribution is 7.98. The van der Waals surface area contributed by atoms with Crippen LogP contribution < -0.4 is 5.73 Å². The number of nitrogen functional groups attached to an aromatic ring is 1. The standard InChI is InChI=1S/C14H8Cl3N7S/c15-6-1-8-9(2-7(6)16)21-11(17)10(20-8)4-25-14-22-12(18)5-3-19-24-13(5)23-14/h1-3H,4H2,(H3,18,19,22,23,24). The Morgan fingerprint density at radius 1 is 1.00 bits per heavy atom. The molecule has 0 radical (unpaired) electrons. The van der Waals surface area contributed by atoms with Gasteiger partial charge in [0.2, 0.25) is 0 Å². The summed E-state index contributed by atoms with van der Waals surface area (Å²) in [6.45, 7) is 0. The number of nitrogens with one attached hydrogen (secondary N) is 1. The lowest BCUT2D eigenvalue weighted by Gasteiger charge is -2.06. The number of aromatic amines is 1. The predicted molar refractivity (Wildman–Crippen MR) is 100 cm³/mol. The Hall–Kier alpha value is -1.87. The van der Waals surface area contributed by atoms with Gasteiger partial charge in [-0.3, -0.25) is 5.10 Å². The summed E-state index contributed by atoms with van der Waals surface area (Å²) in [5, 5.41) is 8.93. The second kappa shape index (κ2) is 6.45. The van der Waals surface area contributed by atoms with Gasteiger partial charge in [-0.05, 0) is 12.1 Å². The van der Waals surface area contributed by atoms with Crippen LogP contribution in [0.15, 0.2) is 23.5 Å². The molecule has 0 unspecified atom stereocenters. The van der Waals surface area contributed by atoms with Crippen molar-refractivity contribution in [1.29, 1.82) is 0 Å². The van der Waals surface area contributed by atoms with Crippen LogP contribution in [0.3, 0.4) is 0 Å². The third-order valence-corrected chi connectivity index (χ3v) is 5.27. The van der Waals surface area contributed by atoms with Crippen LogP contribution in [0, 0.1) is 0 Å².